The van der Waals surface area contributed by atoms with E-state index in [4.69, 9.17) is 14.3 Å². The van der Waals surface area contributed by atoms with Crippen molar-refractivity contribution in [3.05, 3.63) is 35.9 Å². The van der Waals surface area contributed by atoms with E-state index < -0.39 is 11.6 Å². The van der Waals surface area contributed by atoms with Gasteiger partial charge in [0, 0.05) is 13.2 Å². The first-order valence-electron chi connectivity index (χ1n) is 16.6. The van der Waals surface area contributed by atoms with Gasteiger partial charge in [-0.3, -0.25) is 19.2 Å². The maximum Gasteiger partial charge on any atom is 0.269 e. The van der Waals surface area contributed by atoms with Crippen LogP contribution >= 0.6 is 0 Å². The summed E-state index contributed by atoms with van der Waals surface area (Å²) in [5.74, 6) is 0.647. The Labute approximate surface area is 277 Å². The second kappa shape index (κ2) is 24.9. The normalized spacial score (nSPS) is 17.7. The second-order valence-electron chi connectivity index (χ2n) is 11.9. The fraction of sp³-hybridized carbons (Fsp3) is 0.686. The summed E-state index contributed by atoms with van der Waals surface area (Å²) in [7, 11) is 1.61. The second-order valence-corrected chi connectivity index (χ2v) is 11.9. The van der Waals surface area contributed by atoms with Crippen LogP contribution in [0, 0.1) is 18.8 Å². The molecule has 2 unspecified atom stereocenters. The molecule has 46 heavy (non-hydrogen) atoms. The van der Waals surface area contributed by atoms with E-state index >= 15 is 0 Å². The average molecular weight is 649 g/mol. The average Bonchev–Trinajstić information content (AvgIpc) is 3.98. The first-order valence-corrected chi connectivity index (χ1v) is 16.6. The first kappa shape index (κ1) is 42.7. The molecule has 3 amide bonds. The van der Waals surface area contributed by atoms with Crippen LogP contribution in [0.4, 0.5) is 0 Å². The summed E-state index contributed by atoms with van der Waals surface area (Å²) < 4.78 is 10.1. The molecule has 1 heterocycles. The number of ether oxygens (including phenoxy) is 2. The molecule has 1 aliphatic heterocycles. The van der Waals surface area contributed by atoms with E-state index in [0.717, 1.165) is 18.8 Å². The summed E-state index contributed by atoms with van der Waals surface area (Å²) in [5, 5.41) is 11.7. The highest BCUT2D eigenvalue weighted by molar-refractivity contribution is 6.38. The van der Waals surface area contributed by atoms with Crippen LogP contribution in [0.5, 0.6) is 0 Å². The van der Waals surface area contributed by atoms with Crippen LogP contribution in [0.2, 0.25) is 0 Å². The van der Waals surface area contributed by atoms with E-state index in [1.54, 1.807) is 14.0 Å². The first-order chi connectivity index (χ1) is 21.9. The van der Waals surface area contributed by atoms with E-state index in [1.165, 1.54) is 18.4 Å². The van der Waals surface area contributed by atoms with Gasteiger partial charge in [-0.1, -0.05) is 88.5 Å². The van der Waals surface area contributed by atoms with Gasteiger partial charge in [-0.2, -0.15) is 0 Å². The molecule has 2 fully saturated rings. The summed E-state index contributed by atoms with van der Waals surface area (Å²) >= 11 is 0. The molecule has 11 heteroatoms. The van der Waals surface area contributed by atoms with Crippen molar-refractivity contribution in [1.29, 1.82) is 0 Å². The number of rotatable bonds is 18. The third-order valence-electron chi connectivity index (χ3n) is 6.95. The van der Waals surface area contributed by atoms with Gasteiger partial charge in [0.05, 0.1) is 25.8 Å². The predicted molar refractivity (Wildman–Crippen MR) is 182 cm³/mol. The Morgan fingerprint density at radius 1 is 1.09 bits per heavy atom. The molecule has 1 aromatic carbocycles. The van der Waals surface area contributed by atoms with E-state index in [2.05, 4.69) is 54.0 Å². The van der Waals surface area contributed by atoms with Gasteiger partial charge in [0.15, 0.2) is 5.78 Å². The van der Waals surface area contributed by atoms with Crippen LogP contribution in [0.25, 0.3) is 0 Å². The van der Waals surface area contributed by atoms with Crippen molar-refractivity contribution in [3.63, 3.8) is 0 Å². The smallest absolute Gasteiger partial charge is 0.269 e. The summed E-state index contributed by atoms with van der Waals surface area (Å²) in [6.45, 7) is 17.1. The maximum atomic E-state index is 12.2. The molecule has 1 saturated heterocycles. The number of nitrogens with zero attached hydrogens (tertiary/aromatic N) is 1. The van der Waals surface area contributed by atoms with Crippen molar-refractivity contribution in [1.82, 2.24) is 16.0 Å². The van der Waals surface area contributed by atoms with Crippen LogP contribution in [0.1, 0.15) is 92.6 Å². The number of hydrogen-bond acceptors (Lipinski definition) is 8. The Bertz CT molecular complexity index is 1030. The van der Waals surface area contributed by atoms with Crippen LogP contribution < -0.4 is 16.0 Å². The Kier molecular flexibility index (Phi) is 23.1. The SMILES string of the molecule is CC.CC(C)CC[C@H](NC(=O)CNC=O)C(=O)C1(C)CO1.CC/C(=N\OCCC1CC1)C(=O)NC(C)COC.Cc1ccccc1. The number of ketones is 1. The molecule has 3 N–H and O–H groups in total. The van der Waals surface area contributed by atoms with Crippen molar-refractivity contribution in [3.8, 4) is 0 Å². The molecular formula is C35H60N4O7. The van der Waals surface area contributed by atoms with Gasteiger partial charge in [-0.25, -0.2) is 0 Å². The quantitative estimate of drug-likeness (QED) is 0.0684. The van der Waals surface area contributed by atoms with E-state index in [0.29, 0.717) is 50.7 Å². The number of Topliss-reactive ketones (excluding diaryl/α,β-unsaturated/α-hetero) is 1. The number of carbonyl (C=O) groups is 4. The number of aryl methyl sites for hydroxylation is 1. The highest BCUT2D eigenvalue weighted by Gasteiger charge is 2.49. The molecule has 11 nitrogen and oxygen atoms in total. The molecule has 0 spiro atoms. The fourth-order valence-corrected chi connectivity index (χ4v) is 3.92. The minimum absolute atomic E-state index is 0.0225. The van der Waals surface area contributed by atoms with Crippen molar-refractivity contribution in [2.75, 3.05) is 33.5 Å². The lowest BCUT2D eigenvalue weighted by Gasteiger charge is -2.20. The van der Waals surface area contributed by atoms with Crippen LogP contribution in [-0.2, 0) is 33.5 Å². The fourth-order valence-electron chi connectivity index (χ4n) is 3.92. The molecule has 1 saturated carbocycles. The zero-order valence-corrected chi connectivity index (χ0v) is 29.6. The van der Waals surface area contributed by atoms with Gasteiger partial charge in [0.1, 0.15) is 17.9 Å². The Balaban J connectivity index is 0.000000697. The summed E-state index contributed by atoms with van der Waals surface area (Å²) in [6.07, 6.45) is 6.11. The van der Waals surface area contributed by atoms with Gasteiger partial charge in [0.2, 0.25) is 12.3 Å². The Hall–Kier alpha value is -3.31. The topological polar surface area (TPSA) is 148 Å². The molecule has 0 radical (unpaired) electrons. The van der Waals surface area contributed by atoms with Gasteiger partial charge in [0.25, 0.3) is 5.91 Å². The van der Waals surface area contributed by atoms with Gasteiger partial charge >= 0.3 is 0 Å². The lowest BCUT2D eigenvalue weighted by atomic mass is 9.94. The molecule has 1 aliphatic carbocycles. The van der Waals surface area contributed by atoms with Crippen molar-refractivity contribution >= 4 is 29.7 Å². The number of carbonyl (C=O) groups excluding carboxylic acids is 4. The number of hydrogen-bond donors (Lipinski definition) is 3. The molecule has 3 rings (SSSR count). The number of benzene rings is 1. The summed E-state index contributed by atoms with van der Waals surface area (Å²) in [6, 6.07) is 9.69. The monoisotopic (exact) mass is 648 g/mol. The highest BCUT2D eigenvalue weighted by atomic mass is 16.6. The largest absolute Gasteiger partial charge is 0.395 e. The maximum absolute atomic E-state index is 12.2. The van der Waals surface area contributed by atoms with Crippen LogP contribution in [-0.4, -0.2) is 80.9 Å². The van der Waals surface area contributed by atoms with Crippen molar-refractivity contribution < 1.29 is 33.5 Å². The molecule has 0 bridgehead atoms. The Morgan fingerprint density at radius 2 is 1.72 bits per heavy atom. The van der Waals surface area contributed by atoms with E-state index in [-0.39, 0.29) is 30.2 Å². The van der Waals surface area contributed by atoms with Crippen molar-refractivity contribution in [2.24, 2.45) is 17.0 Å². The molecule has 2 aliphatic rings. The molecule has 3 atom stereocenters. The molecule has 0 aromatic heterocycles. The van der Waals surface area contributed by atoms with E-state index in [1.807, 2.05) is 45.9 Å². The van der Waals surface area contributed by atoms with Gasteiger partial charge in [-0.15, -0.1) is 0 Å². The van der Waals surface area contributed by atoms with E-state index in [9.17, 15) is 19.2 Å². The van der Waals surface area contributed by atoms with Crippen molar-refractivity contribution in [2.45, 2.75) is 112 Å². The third-order valence-corrected chi connectivity index (χ3v) is 6.95. The Morgan fingerprint density at radius 3 is 2.17 bits per heavy atom. The van der Waals surface area contributed by atoms with Gasteiger partial charge in [-0.05, 0) is 58.3 Å². The number of nitrogens with one attached hydrogen (secondary N) is 3. The summed E-state index contributed by atoms with van der Waals surface area (Å²) in [4.78, 5) is 51.0. The predicted octanol–water partition coefficient (Wildman–Crippen LogP) is 4.75. The lowest BCUT2D eigenvalue weighted by molar-refractivity contribution is -0.130. The van der Waals surface area contributed by atoms with Crippen LogP contribution in [0.3, 0.4) is 0 Å². The minimum Gasteiger partial charge on any atom is -0.395 e. The van der Waals surface area contributed by atoms with Crippen LogP contribution in [0.15, 0.2) is 35.5 Å². The lowest BCUT2D eigenvalue weighted by Crippen LogP contribution is -2.48. The number of amides is 3. The number of epoxide rings is 1. The minimum atomic E-state index is -0.743. The molecule has 1 aromatic rings. The molecule has 262 valence electrons. The molecular weight excluding hydrogens is 588 g/mol. The summed E-state index contributed by atoms with van der Waals surface area (Å²) in [5.41, 5.74) is 1.02. The third kappa shape index (κ3) is 20.7. The zero-order chi connectivity index (χ0) is 35.0. The van der Waals surface area contributed by atoms with Gasteiger partial charge < -0.3 is 30.3 Å². The number of oxime groups is 1. The standard InChI is InChI=1S/C13H22N2O4.C13H24N2O3.C7H8.C2H6/c1-9(2)4-5-10(12(18)13(3)7-19-13)15-11(17)6-14-8-16;1-4-12(13(16)14-10(2)9-17-3)15-18-8-7-11-5-6-11;1-7-5-3-2-4-6-7;1-2/h8-10H,4-7H2,1-3H3,(H,14,16)(H,15,17);10-11H,4-9H2,1-3H3,(H,14,16);2-6H,1H3;1-2H3/b;15-12+;;/t10-,13?;;;/m0.../s1. The number of methoxy groups -OCH3 is 1. The zero-order valence-electron chi connectivity index (χ0n) is 29.6. The highest BCUT2D eigenvalue weighted by Crippen LogP contribution is 2.32.